The molecule has 0 saturated carbocycles. The summed E-state index contributed by atoms with van der Waals surface area (Å²) in [6, 6.07) is 8.30. The number of ether oxygens (including phenoxy) is 2. The predicted octanol–water partition coefficient (Wildman–Crippen LogP) is 4.76. The van der Waals surface area contributed by atoms with E-state index in [4.69, 9.17) is 21.1 Å². The van der Waals surface area contributed by atoms with Gasteiger partial charge in [-0.3, -0.25) is 0 Å². The van der Waals surface area contributed by atoms with Crippen LogP contribution in [-0.4, -0.2) is 6.61 Å². The van der Waals surface area contributed by atoms with Gasteiger partial charge in [-0.1, -0.05) is 11.6 Å². The highest BCUT2D eigenvalue weighted by molar-refractivity contribution is 9.10. The van der Waals surface area contributed by atoms with Crippen molar-refractivity contribution >= 4 is 27.5 Å². The summed E-state index contributed by atoms with van der Waals surface area (Å²) in [5.74, 6) is 1.13. The first-order chi connectivity index (χ1) is 9.63. The second-order valence-electron chi connectivity index (χ2n) is 4.52. The molecular formula is C15H11BrClFO2. The smallest absolute Gasteiger partial charge is 0.137 e. The lowest BCUT2D eigenvalue weighted by Crippen LogP contribution is -1.99. The van der Waals surface area contributed by atoms with Crippen molar-refractivity contribution in [3.63, 3.8) is 0 Å². The van der Waals surface area contributed by atoms with Crippen LogP contribution in [0.3, 0.4) is 0 Å². The van der Waals surface area contributed by atoms with Gasteiger partial charge >= 0.3 is 0 Å². The van der Waals surface area contributed by atoms with Gasteiger partial charge in [-0.05, 0) is 51.8 Å². The van der Waals surface area contributed by atoms with Gasteiger partial charge in [0, 0.05) is 17.0 Å². The summed E-state index contributed by atoms with van der Waals surface area (Å²) in [7, 11) is 0. The van der Waals surface area contributed by atoms with Crippen molar-refractivity contribution in [1.29, 1.82) is 0 Å². The van der Waals surface area contributed by atoms with Crippen molar-refractivity contribution in [2.45, 2.75) is 13.0 Å². The zero-order valence-electron chi connectivity index (χ0n) is 10.5. The average molecular weight is 358 g/mol. The van der Waals surface area contributed by atoms with Crippen LogP contribution in [0.1, 0.15) is 11.1 Å². The Labute approximate surface area is 129 Å². The molecule has 3 rings (SSSR count). The minimum absolute atomic E-state index is 0.315. The Bertz CT molecular complexity index is 661. The number of rotatable bonds is 3. The number of benzene rings is 2. The molecule has 2 aromatic rings. The first-order valence-electron chi connectivity index (χ1n) is 6.15. The minimum Gasteiger partial charge on any atom is -0.493 e. The largest absolute Gasteiger partial charge is 0.493 e. The van der Waals surface area contributed by atoms with E-state index in [0.717, 1.165) is 23.3 Å². The molecule has 0 aliphatic carbocycles. The molecule has 1 heterocycles. The lowest BCUT2D eigenvalue weighted by molar-refractivity contribution is 0.291. The standard InChI is InChI=1S/C15H11BrClFO2/c16-13-7-12(1-2-14(13)18)20-8-10-6-11(17)5-9-3-4-19-15(9)10/h1-2,5-7H,3-4,8H2. The molecule has 0 amide bonds. The molecule has 0 atom stereocenters. The molecule has 0 aromatic heterocycles. The molecule has 1 aliphatic rings. The van der Waals surface area contributed by atoms with Gasteiger partial charge in [-0.2, -0.15) is 0 Å². The molecule has 0 radical (unpaired) electrons. The van der Waals surface area contributed by atoms with Crippen molar-refractivity contribution < 1.29 is 13.9 Å². The summed E-state index contributed by atoms with van der Waals surface area (Å²) in [5.41, 5.74) is 2.02. The Kier molecular flexibility index (Phi) is 3.85. The van der Waals surface area contributed by atoms with E-state index < -0.39 is 0 Å². The van der Waals surface area contributed by atoms with Crippen LogP contribution in [0.5, 0.6) is 11.5 Å². The highest BCUT2D eigenvalue weighted by atomic mass is 79.9. The van der Waals surface area contributed by atoms with Crippen LogP contribution >= 0.6 is 27.5 Å². The van der Waals surface area contributed by atoms with Crippen LogP contribution < -0.4 is 9.47 Å². The minimum atomic E-state index is -0.315. The van der Waals surface area contributed by atoms with E-state index in [2.05, 4.69) is 15.9 Å². The van der Waals surface area contributed by atoms with E-state index in [1.165, 1.54) is 6.07 Å². The molecule has 0 unspecified atom stereocenters. The topological polar surface area (TPSA) is 18.5 Å². The van der Waals surface area contributed by atoms with Gasteiger partial charge in [0.15, 0.2) is 0 Å². The van der Waals surface area contributed by atoms with Crippen molar-refractivity contribution in [2.75, 3.05) is 6.61 Å². The van der Waals surface area contributed by atoms with E-state index in [1.807, 2.05) is 12.1 Å². The number of fused-ring (bicyclic) bond motifs is 1. The molecule has 2 aromatic carbocycles. The fourth-order valence-corrected chi connectivity index (χ4v) is 2.80. The molecule has 0 N–H and O–H groups in total. The van der Waals surface area contributed by atoms with Gasteiger partial charge in [0.2, 0.25) is 0 Å². The van der Waals surface area contributed by atoms with Gasteiger partial charge < -0.3 is 9.47 Å². The van der Waals surface area contributed by atoms with E-state index in [-0.39, 0.29) is 5.82 Å². The average Bonchev–Trinajstić information content (AvgIpc) is 2.88. The van der Waals surface area contributed by atoms with Crippen LogP contribution in [0.25, 0.3) is 0 Å². The summed E-state index contributed by atoms with van der Waals surface area (Å²) in [4.78, 5) is 0. The fourth-order valence-electron chi connectivity index (χ4n) is 2.18. The Morgan fingerprint density at radius 3 is 2.95 bits per heavy atom. The summed E-state index contributed by atoms with van der Waals surface area (Å²) in [5, 5.41) is 0.674. The maximum atomic E-state index is 13.2. The normalized spacial score (nSPS) is 12.9. The number of hydrogen-bond donors (Lipinski definition) is 0. The third-order valence-electron chi connectivity index (χ3n) is 3.11. The van der Waals surface area contributed by atoms with E-state index in [0.29, 0.717) is 28.5 Å². The van der Waals surface area contributed by atoms with Gasteiger partial charge in [0.25, 0.3) is 0 Å². The van der Waals surface area contributed by atoms with E-state index >= 15 is 0 Å². The van der Waals surface area contributed by atoms with Crippen molar-refractivity contribution in [3.05, 3.63) is 56.8 Å². The summed E-state index contributed by atoms with van der Waals surface area (Å²) in [6.07, 6.45) is 0.866. The van der Waals surface area contributed by atoms with Gasteiger partial charge in [0.05, 0.1) is 11.1 Å². The SMILES string of the molecule is Fc1ccc(OCc2cc(Cl)cc3c2OCC3)cc1Br. The summed E-state index contributed by atoms with van der Waals surface area (Å²) >= 11 is 9.22. The van der Waals surface area contributed by atoms with Gasteiger partial charge in [-0.25, -0.2) is 4.39 Å². The van der Waals surface area contributed by atoms with Crippen molar-refractivity contribution in [2.24, 2.45) is 0 Å². The van der Waals surface area contributed by atoms with Gasteiger partial charge in [0.1, 0.15) is 23.9 Å². The first kappa shape index (κ1) is 13.7. The van der Waals surface area contributed by atoms with Crippen molar-refractivity contribution in [3.8, 4) is 11.5 Å². The molecular weight excluding hydrogens is 347 g/mol. The highest BCUT2D eigenvalue weighted by Crippen LogP contribution is 2.33. The Morgan fingerprint density at radius 1 is 1.30 bits per heavy atom. The molecule has 0 spiro atoms. The maximum Gasteiger partial charge on any atom is 0.137 e. The van der Waals surface area contributed by atoms with E-state index in [1.54, 1.807) is 12.1 Å². The molecule has 0 fully saturated rings. The number of hydrogen-bond acceptors (Lipinski definition) is 2. The summed E-state index contributed by atoms with van der Waals surface area (Å²) in [6.45, 7) is 1.01. The Hall–Kier alpha value is -1.26. The maximum absolute atomic E-state index is 13.2. The third kappa shape index (κ3) is 2.76. The monoisotopic (exact) mass is 356 g/mol. The van der Waals surface area contributed by atoms with Crippen LogP contribution in [0, 0.1) is 5.82 Å². The Balaban J connectivity index is 1.80. The first-order valence-corrected chi connectivity index (χ1v) is 7.32. The molecule has 20 heavy (non-hydrogen) atoms. The highest BCUT2D eigenvalue weighted by Gasteiger charge is 2.18. The zero-order valence-corrected chi connectivity index (χ0v) is 12.8. The fraction of sp³-hybridized carbons (Fsp3) is 0.200. The Morgan fingerprint density at radius 2 is 2.15 bits per heavy atom. The van der Waals surface area contributed by atoms with Crippen molar-refractivity contribution in [1.82, 2.24) is 0 Å². The molecule has 5 heteroatoms. The molecule has 1 aliphatic heterocycles. The third-order valence-corrected chi connectivity index (χ3v) is 3.94. The second kappa shape index (κ2) is 5.62. The predicted molar refractivity (Wildman–Crippen MR) is 79.1 cm³/mol. The van der Waals surface area contributed by atoms with Crippen LogP contribution in [-0.2, 0) is 13.0 Å². The van der Waals surface area contributed by atoms with Crippen LogP contribution in [0.4, 0.5) is 4.39 Å². The van der Waals surface area contributed by atoms with Crippen LogP contribution in [0.2, 0.25) is 5.02 Å². The zero-order chi connectivity index (χ0) is 14.1. The second-order valence-corrected chi connectivity index (χ2v) is 5.81. The van der Waals surface area contributed by atoms with E-state index in [9.17, 15) is 4.39 Å². The van der Waals surface area contributed by atoms with Gasteiger partial charge in [-0.15, -0.1) is 0 Å². The lowest BCUT2D eigenvalue weighted by atomic mass is 10.1. The molecule has 0 bridgehead atoms. The van der Waals surface area contributed by atoms with Crippen LogP contribution in [0.15, 0.2) is 34.8 Å². The lowest BCUT2D eigenvalue weighted by Gasteiger charge is -2.11. The number of halogens is 3. The molecule has 2 nitrogen and oxygen atoms in total. The molecule has 104 valence electrons. The quantitative estimate of drug-likeness (QED) is 0.789. The molecule has 0 saturated heterocycles. The summed E-state index contributed by atoms with van der Waals surface area (Å²) < 4.78 is 24.8.